The van der Waals surface area contributed by atoms with Crippen molar-refractivity contribution in [2.24, 2.45) is 5.14 Å². The van der Waals surface area contributed by atoms with Gasteiger partial charge in [0.05, 0.1) is 5.60 Å². The van der Waals surface area contributed by atoms with Gasteiger partial charge in [0.25, 0.3) is 5.91 Å². The predicted octanol–water partition coefficient (Wildman–Crippen LogP) is 3.02. The Kier molecular flexibility index (Phi) is 6.16. The molecule has 1 aromatic heterocycles. The molecule has 158 valence electrons. The zero-order valence-corrected chi connectivity index (χ0v) is 17.8. The Bertz CT molecular complexity index is 974. The first-order chi connectivity index (χ1) is 13.7. The van der Waals surface area contributed by atoms with Crippen LogP contribution in [0.4, 0.5) is 0 Å². The molecule has 1 heterocycles. The third kappa shape index (κ3) is 4.55. The number of ether oxygens (including phenoxy) is 1. The lowest BCUT2D eigenvalue weighted by molar-refractivity contribution is -0.0400. The average Bonchev–Trinajstić information content (AvgIpc) is 3.01. The minimum atomic E-state index is -4.08. The largest absolute Gasteiger partial charge is 0.464 e. The van der Waals surface area contributed by atoms with Gasteiger partial charge in [-0.1, -0.05) is 30.3 Å². The molecule has 0 atom stereocenters. The fourth-order valence-electron chi connectivity index (χ4n) is 4.25. The third-order valence-electron chi connectivity index (χ3n) is 5.89. The molecule has 1 aliphatic carbocycles. The zero-order chi connectivity index (χ0) is 21.2. The average molecular weight is 421 g/mol. The molecule has 1 amide bonds. The van der Waals surface area contributed by atoms with Crippen molar-refractivity contribution in [3.8, 4) is 0 Å². The lowest BCUT2D eigenvalue weighted by Crippen LogP contribution is -2.46. The lowest BCUT2D eigenvalue weighted by atomic mass is 9.76. The number of sulfonamides is 1. The van der Waals surface area contributed by atoms with Gasteiger partial charge in [-0.3, -0.25) is 4.79 Å². The van der Waals surface area contributed by atoms with Gasteiger partial charge in [0.2, 0.25) is 10.0 Å². The van der Waals surface area contributed by atoms with Crippen LogP contribution in [0.3, 0.4) is 0 Å². The van der Waals surface area contributed by atoms with Crippen LogP contribution < -0.4 is 10.5 Å². The standard InChI is InChI=1S/C21H28N2O5S/c1-14-18(19(15(2)28-14)29(22,25)26)20(24)23-13-21(27-3)11-9-17(10-12-21)16-7-5-4-6-8-16/h4-8,17H,9-13H2,1-3H3,(H,23,24)(H2,22,25,26). The first-order valence-corrected chi connectivity index (χ1v) is 11.2. The molecule has 0 saturated heterocycles. The minimum Gasteiger partial charge on any atom is -0.464 e. The summed E-state index contributed by atoms with van der Waals surface area (Å²) >= 11 is 0. The number of carbonyl (C=O) groups is 1. The minimum absolute atomic E-state index is 0.0331. The number of primary sulfonamides is 1. The van der Waals surface area contributed by atoms with Crippen molar-refractivity contribution < 1.29 is 22.4 Å². The van der Waals surface area contributed by atoms with E-state index in [4.69, 9.17) is 14.3 Å². The van der Waals surface area contributed by atoms with Crippen LogP contribution in [-0.2, 0) is 14.8 Å². The molecular weight excluding hydrogens is 392 g/mol. The zero-order valence-electron chi connectivity index (χ0n) is 17.0. The molecule has 1 aliphatic rings. The van der Waals surface area contributed by atoms with E-state index in [1.807, 2.05) is 18.2 Å². The van der Waals surface area contributed by atoms with Crippen LogP contribution in [0, 0.1) is 13.8 Å². The number of furan rings is 1. The maximum absolute atomic E-state index is 12.8. The van der Waals surface area contributed by atoms with Gasteiger partial charge in [0.1, 0.15) is 22.0 Å². The molecule has 0 spiro atoms. The van der Waals surface area contributed by atoms with Gasteiger partial charge in [0.15, 0.2) is 0 Å². The van der Waals surface area contributed by atoms with Crippen molar-refractivity contribution in [3.05, 3.63) is 53.0 Å². The second-order valence-corrected chi connectivity index (χ2v) is 9.22. The van der Waals surface area contributed by atoms with Crippen LogP contribution in [0.25, 0.3) is 0 Å². The molecule has 8 heteroatoms. The maximum Gasteiger partial charge on any atom is 0.256 e. The van der Waals surface area contributed by atoms with Gasteiger partial charge in [-0.15, -0.1) is 0 Å². The van der Waals surface area contributed by atoms with Gasteiger partial charge in [-0.25, -0.2) is 13.6 Å². The Labute approximate surface area is 171 Å². The SMILES string of the molecule is COC1(CNC(=O)c2c(C)oc(C)c2S(N)(=O)=O)CCC(c2ccccc2)CC1. The molecule has 7 nitrogen and oxygen atoms in total. The molecule has 3 rings (SSSR count). The fourth-order valence-corrected chi connectivity index (χ4v) is 5.22. The summed E-state index contributed by atoms with van der Waals surface area (Å²) in [5.74, 6) is 0.288. The van der Waals surface area contributed by atoms with E-state index >= 15 is 0 Å². The highest BCUT2D eigenvalue weighted by Gasteiger charge is 2.37. The Morgan fingerprint density at radius 3 is 2.38 bits per heavy atom. The van der Waals surface area contributed by atoms with E-state index in [2.05, 4.69) is 17.4 Å². The molecule has 1 saturated carbocycles. The van der Waals surface area contributed by atoms with Crippen molar-refractivity contribution >= 4 is 15.9 Å². The quantitative estimate of drug-likeness (QED) is 0.746. The number of hydrogen-bond acceptors (Lipinski definition) is 5. The van der Waals surface area contributed by atoms with Gasteiger partial charge in [-0.05, 0) is 51.0 Å². The summed E-state index contributed by atoms with van der Waals surface area (Å²) in [4.78, 5) is 12.5. The van der Waals surface area contributed by atoms with E-state index in [1.54, 1.807) is 14.0 Å². The van der Waals surface area contributed by atoms with Crippen LogP contribution >= 0.6 is 0 Å². The first-order valence-electron chi connectivity index (χ1n) is 9.68. The van der Waals surface area contributed by atoms with Crippen LogP contribution in [0.2, 0.25) is 0 Å². The van der Waals surface area contributed by atoms with Crippen molar-refractivity contribution in [2.45, 2.75) is 55.9 Å². The number of methoxy groups -OCH3 is 1. The number of nitrogens with one attached hydrogen (secondary N) is 1. The second-order valence-electron chi connectivity index (χ2n) is 7.72. The van der Waals surface area contributed by atoms with Gasteiger partial charge in [0, 0.05) is 13.7 Å². The van der Waals surface area contributed by atoms with E-state index in [9.17, 15) is 13.2 Å². The summed E-state index contributed by atoms with van der Waals surface area (Å²) in [6.07, 6.45) is 3.52. The molecule has 2 aromatic rings. The van der Waals surface area contributed by atoms with E-state index < -0.39 is 21.5 Å². The van der Waals surface area contributed by atoms with E-state index in [0.29, 0.717) is 5.92 Å². The molecule has 1 fully saturated rings. The number of nitrogens with two attached hydrogens (primary N) is 1. The normalized spacial score (nSPS) is 22.4. The van der Waals surface area contributed by atoms with Crippen LogP contribution in [0.5, 0.6) is 0 Å². The Morgan fingerprint density at radius 2 is 1.83 bits per heavy atom. The van der Waals surface area contributed by atoms with E-state index in [0.717, 1.165) is 25.7 Å². The Balaban J connectivity index is 1.70. The summed E-state index contributed by atoms with van der Waals surface area (Å²) in [7, 11) is -2.43. The van der Waals surface area contributed by atoms with Gasteiger partial charge in [-0.2, -0.15) is 0 Å². The van der Waals surface area contributed by atoms with E-state index in [1.165, 1.54) is 12.5 Å². The Hall–Kier alpha value is -2.16. The van der Waals surface area contributed by atoms with Crippen molar-refractivity contribution in [1.82, 2.24) is 5.32 Å². The third-order valence-corrected chi connectivity index (χ3v) is 6.95. The molecule has 1 aromatic carbocycles. The number of hydrogen-bond donors (Lipinski definition) is 2. The smallest absolute Gasteiger partial charge is 0.256 e. The number of aryl methyl sites for hydroxylation is 2. The molecule has 0 radical (unpaired) electrons. The summed E-state index contributed by atoms with van der Waals surface area (Å²) < 4.78 is 35.0. The molecule has 0 aliphatic heterocycles. The van der Waals surface area contributed by atoms with Crippen LogP contribution in [0.15, 0.2) is 39.6 Å². The van der Waals surface area contributed by atoms with Gasteiger partial charge >= 0.3 is 0 Å². The summed E-state index contributed by atoms with van der Waals surface area (Å²) in [5, 5.41) is 8.12. The summed E-state index contributed by atoms with van der Waals surface area (Å²) in [6, 6.07) is 10.4. The predicted molar refractivity (Wildman–Crippen MR) is 109 cm³/mol. The van der Waals surface area contributed by atoms with E-state index in [-0.39, 0.29) is 28.5 Å². The topological polar surface area (TPSA) is 112 Å². The lowest BCUT2D eigenvalue weighted by Gasteiger charge is -2.39. The first kappa shape index (κ1) is 21.5. The highest BCUT2D eigenvalue weighted by molar-refractivity contribution is 7.89. The number of carbonyl (C=O) groups excluding carboxylic acids is 1. The maximum atomic E-state index is 12.8. The number of benzene rings is 1. The van der Waals surface area contributed by atoms with Crippen LogP contribution in [0.1, 0.15) is 59.0 Å². The highest BCUT2D eigenvalue weighted by Crippen LogP contribution is 2.39. The van der Waals surface area contributed by atoms with Crippen LogP contribution in [-0.4, -0.2) is 33.6 Å². The molecule has 0 unspecified atom stereocenters. The summed E-state index contributed by atoms with van der Waals surface area (Å²) in [5.41, 5.74) is 0.813. The summed E-state index contributed by atoms with van der Waals surface area (Å²) in [6.45, 7) is 3.32. The Morgan fingerprint density at radius 1 is 1.21 bits per heavy atom. The number of rotatable bonds is 6. The molecule has 0 bridgehead atoms. The number of amides is 1. The fraction of sp³-hybridized carbons (Fsp3) is 0.476. The molecular formula is C21H28N2O5S. The highest BCUT2D eigenvalue weighted by atomic mass is 32.2. The van der Waals surface area contributed by atoms with Gasteiger partial charge < -0.3 is 14.5 Å². The van der Waals surface area contributed by atoms with Crippen molar-refractivity contribution in [2.75, 3.05) is 13.7 Å². The molecule has 3 N–H and O–H groups in total. The second kappa shape index (κ2) is 8.30. The monoisotopic (exact) mass is 420 g/mol. The molecule has 29 heavy (non-hydrogen) atoms. The van der Waals surface area contributed by atoms with Crippen molar-refractivity contribution in [1.29, 1.82) is 0 Å². The van der Waals surface area contributed by atoms with Crippen molar-refractivity contribution in [3.63, 3.8) is 0 Å².